The van der Waals surface area contributed by atoms with Crippen molar-refractivity contribution in [2.75, 3.05) is 26.7 Å². The molecular weight excluding hydrogens is 174 g/mol. The minimum absolute atomic E-state index is 0.0168. The highest BCUT2D eigenvalue weighted by molar-refractivity contribution is 4.61. The Morgan fingerprint density at radius 2 is 1.79 bits per heavy atom. The van der Waals surface area contributed by atoms with Crippen molar-refractivity contribution in [3.05, 3.63) is 0 Å². The number of aliphatic hydroxyl groups is 1. The van der Waals surface area contributed by atoms with E-state index in [-0.39, 0.29) is 6.10 Å². The number of quaternary nitrogens is 1. The Labute approximate surface area is 88.5 Å². The van der Waals surface area contributed by atoms with Crippen molar-refractivity contribution in [3.8, 4) is 0 Å². The average molecular weight is 200 g/mol. The first-order valence-corrected chi connectivity index (χ1v) is 6.18. The molecule has 0 amide bonds. The van der Waals surface area contributed by atoms with Crippen molar-refractivity contribution in [2.45, 2.75) is 51.6 Å². The monoisotopic (exact) mass is 200 g/mol. The van der Waals surface area contributed by atoms with Gasteiger partial charge in [0, 0.05) is 12.8 Å². The van der Waals surface area contributed by atoms with E-state index in [2.05, 4.69) is 14.0 Å². The van der Waals surface area contributed by atoms with Gasteiger partial charge in [0.05, 0.1) is 32.8 Å². The second kappa shape index (κ2) is 5.72. The third-order valence-corrected chi connectivity index (χ3v) is 3.56. The molecule has 2 heteroatoms. The predicted octanol–water partition coefficient (Wildman–Crippen LogP) is 2.17. The lowest BCUT2D eigenvalue weighted by Gasteiger charge is -2.39. The van der Waals surface area contributed by atoms with Crippen molar-refractivity contribution >= 4 is 0 Å². The van der Waals surface area contributed by atoms with Gasteiger partial charge < -0.3 is 9.59 Å². The molecule has 1 saturated heterocycles. The van der Waals surface area contributed by atoms with Crippen molar-refractivity contribution in [1.82, 2.24) is 0 Å². The molecule has 1 fully saturated rings. The summed E-state index contributed by atoms with van der Waals surface area (Å²) in [5, 5.41) is 9.44. The van der Waals surface area contributed by atoms with Crippen molar-refractivity contribution in [3.63, 3.8) is 0 Å². The van der Waals surface area contributed by atoms with Gasteiger partial charge in [-0.1, -0.05) is 19.8 Å². The molecule has 0 aromatic carbocycles. The van der Waals surface area contributed by atoms with Gasteiger partial charge in [0.25, 0.3) is 0 Å². The first-order valence-electron chi connectivity index (χ1n) is 6.18. The van der Waals surface area contributed by atoms with Gasteiger partial charge in [-0.25, -0.2) is 0 Å². The Morgan fingerprint density at radius 1 is 1.14 bits per heavy atom. The Kier molecular flexibility index (Phi) is 4.90. The van der Waals surface area contributed by atoms with E-state index in [4.69, 9.17) is 0 Å². The molecule has 0 spiro atoms. The molecule has 0 atom stereocenters. The molecule has 0 aromatic rings. The molecule has 0 radical (unpaired) electrons. The molecule has 1 N–H and O–H groups in total. The number of rotatable bonds is 5. The lowest BCUT2D eigenvalue weighted by molar-refractivity contribution is -0.915. The Bertz CT molecular complexity index is 150. The molecular formula is C12H26NO+. The second-order valence-electron chi connectivity index (χ2n) is 5.08. The number of piperidine rings is 1. The zero-order valence-corrected chi connectivity index (χ0v) is 9.84. The predicted molar refractivity (Wildman–Crippen MR) is 60.2 cm³/mol. The second-order valence-corrected chi connectivity index (χ2v) is 5.08. The van der Waals surface area contributed by atoms with Gasteiger partial charge in [0.15, 0.2) is 0 Å². The lowest BCUT2D eigenvalue weighted by atomic mass is 10.0. The van der Waals surface area contributed by atoms with Crippen LogP contribution in [-0.4, -0.2) is 42.4 Å². The van der Waals surface area contributed by atoms with Crippen molar-refractivity contribution in [1.29, 1.82) is 0 Å². The summed E-state index contributed by atoms with van der Waals surface area (Å²) >= 11 is 0. The van der Waals surface area contributed by atoms with E-state index in [1.807, 2.05) is 0 Å². The molecule has 0 bridgehead atoms. The maximum absolute atomic E-state index is 9.44. The van der Waals surface area contributed by atoms with Crippen LogP contribution in [0.25, 0.3) is 0 Å². The molecule has 0 aliphatic carbocycles. The number of nitrogens with zero attached hydrogens (tertiary/aromatic N) is 1. The molecule has 1 heterocycles. The largest absolute Gasteiger partial charge is 0.393 e. The summed E-state index contributed by atoms with van der Waals surface area (Å²) in [5.74, 6) is 0. The van der Waals surface area contributed by atoms with Crippen LogP contribution < -0.4 is 0 Å². The summed E-state index contributed by atoms with van der Waals surface area (Å²) in [4.78, 5) is 0. The van der Waals surface area contributed by atoms with Gasteiger partial charge in [-0.2, -0.15) is 0 Å². The molecule has 0 saturated carbocycles. The van der Waals surface area contributed by atoms with E-state index in [1.165, 1.54) is 49.8 Å². The summed E-state index contributed by atoms with van der Waals surface area (Å²) in [5.41, 5.74) is 0. The quantitative estimate of drug-likeness (QED) is 0.533. The highest BCUT2D eigenvalue weighted by Crippen LogP contribution is 2.18. The van der Waals surface area contributed by atoms with Crippen LogP contribution in [0, 0.1) is 0 Å². The van der Waals surface area contributed by atoms with Crippen LogP contribution in [0.15, 0.2) is 0 Å². The molecule has 14 heavy (non-hydrogen) atoms. The lowest BCUT2D eigenvalue weighted by Crippen LogP contribution is -2.51. The van der Waals surface area contributed by atoms with Gasteiger partial charge in [0.2, 0.25) is 0 Å². The smallest absolute Gasteiger partial charge is 0.0809 e. The van der Waals surface area contributed by atoms with E-state index in [9.17, 15) is 5.11 Å². The zero-order valence-electron chi connectivity index (χ0n) is 9.84. The fourth-order valence-corrected chi connectivity index (χ4v) is 2.32. The highest BCUT2D eigenvalue weighted by atomic mass is 16.3. The third kappa shape index (κ3) is 3.97. The van der Waals surface area contributed by atoms with Crippen LogP contribution in [0.5, 0.6) is 0 Å². The van der Waals surface area contributed by atoms with E-state index in [0.717, 1.165) is 12.8 Å². The fraction of sp³-hybridized carbons (Fsp3) is 1.00. The van der Waals surface area contributed by atoms with Gasteiger partial charge in [-0.3, -0.25) is 0 Å². The summed E-state index contributed by atoms with van der Waals surface area (Å²) in [6.07, 6.45) is 7.43. The Balaban J connectivity index is 2.15. The highest BCUT2D eigenvalue weighted by Gasteiger charge is 2.28. The molecule has 0 unspecified atom stereocenters. The minimum Gasteiger partial charge on any atom is -0.393 e. The van der Waals surface area contributed by atoms with Crippen LogP contribution in [0.3, 0.4) is 0 Å². The summed E-state index contributed by atoms with van der Waals surface area (Å²) in [7, 11) is 2.35. The van der Waals surface area contributed by atoms with Gasteiger partial charge in [0.1, 0.15) is 0 Å². The van der Waals surface area contributed by atoms with Crippen LogP contribution in [0.2, 0.25) is 0 Å². The Morgan fingerprint density at radius 3 is 2.36 bits per heavy atom. The number of hydrogen-bond donors (Lipinski definition) is 1. The summed E-state index contributed by atoms with van der Waals surface area (Å²) < 4.78 is 1.20. The van der Waals surface area contributed by atoms with Crippen LogP contribution >= 0.6 is 0 Å². The third-order valence-electron chi connectivity index (χ3n) is 3.56. The summed E-state index contributed by atoms with van der Waals surface area (Å²) in [6.45, 7) is 5.92. The fourth-order valence-electron chi connectivity index (χ4n) is 2.32. The molecule has 1 aliphatic heterocycles. The van der Waals surface area contributed by atoms with Gasteiger partial charge in [-0.05, 0) is 12.8 Å². The number of unbranched alkanes of at least 4 members (excludes halogenated alkanes) is 3. The zero-order chi connectivity index (χ0) is 10.4. The first kappa shape index (κ1) is 12.0. The SMILES string of the molecule is CCCCCC[N+]1(C)CCC(O)CC1. The van der Waals surface area contributed by atoms with E-state index in [1.54, 1.807) is 0 Å². The molecule has 1 aliphatic rings. The van der Waals surface area contributed by atoms with Crippen molar-refractivity contribution < 1.29 is 9.59 Å². The normalized spacial score (nSPS) is 33.2. The number of hydrogen-bond acceptors (Lipinski definition) is 1. The van der Waals surface area contributed by atoms with Crippen molar-refractivity contribution in [2.24, 2.45) is 0 Å². The average Bonchev–Trinajstić information content (AvgIpc) is 2.18. The molecule has 84 valence electrons. The standard InChI is InChI=1S/C12H26NO/c1-3-4-5-6-9-13(2)10-7-12(14)8-11-13/h12,14H,3-11H2,1-2H3/q+1. The number of aliphatic hydroxyl groups excluding tert-OH is 1. The maximum Gasteiger partial charge on any atom is 0.0809 e. The molecule has 2 nitrogen and oxygen atoms in total. The van der Waals surface area contributed by atoms with Gasteiger partial charge in [-0.15, -0.1) is 0 Å². The van der Waals surface area contributed by atoms with E-state index >= 15 is 0 Å². The summed E-state index contributed by atoms with van der Waals surface area (Å²) in [6, 6.07) is 0. The van der Waals surface area contributed by atoms with E-state index < -0.39 is 0 Å². The topological polar surface area (TPSA) is 20.2 Å². The van der Waals surface area contributed by atoms with Crippen LogP contribution in [-0.2, 0) is 0 Å². The van der Waals surface area contributed by atoms with Gasteiger partial charge >= 0.3 is 0 Å². The first-order chi connectivity index (χ1) is 6.66. The maximum atomic E-state index is 9.44. The Hall–Kier alpha value is -0.0800. The van der Waals surface area contributed by atoms with Crippen LogP contribution in [0.1, 0.15) is 45.4 Å². The number of likely N-dealkylation sites (tertiary alicyclic amines) is 1. The molecule has 0 aromatic heterocycles. The van der Waals surface area contributed by atoms with Crippen LogP contribution in [0.4, 0.5) is 0 Å². The minimum atomic E-state index is -0.0168. The van der Waals surface area contributed by atoms with E-state index in [0.29, 0.717) is 0 Å². The molecule has 1 rings (SSSR count).